The predicted octanol–water partition coefficient (Wildman–Crippen LogP) is 2.91. The van der Waals surface area contributed by atoms with Crippen molar-refractivity contribution in [3.05, 3.63) is 29.8 Å². The molecule has 3 heteroatoms. The molecule has 1 aromatic carbocycles. The van der Waals surface area contributed by atoms with Crippen molar-refractivity contribution in [2.45, 2.75) is 40.2 Å². The molecule has 1 aliphatic heterocycles. The van der Waals surface area contributed by atoms with E-state index in [1.165, 1.54) is 11.3 Å². The zero-order chi connectivity index (χ0) is 15.5. The lowest BCUT2D eigenvalue weighted by atomic mass is 9.87. The van der Waals surface area contributed by atoms with Crippen LogP contribution in [0, 0.1) is 12.3 Å². The molecular weight excluding hydrogens is 260 g/mol. The van der Waals surface area contributed by atoms with Crippen molar-refractivity contribution in [3.8, 4) is 0 Å². The Labute approximate surface area is 129 Å². The number of benzene rings is 1. The monoisotopic (exact) mass is 290 g/mol. The smallest absolute Gasteiger partial charge is 0.0600 e. The molecule has 118 valence electrons. The second-order valence-electron chi connectivity index (χ2n) is 7.34. The van der Waals surface area contributed by atoms with Gasteiger partial charge in [0.25, 0.3) is 0 Å². The van der Waals surface area contributed by atoms with Crippen molar-refractivity contribution < 1.29 is 5.11 Å². The lowest BCUT2D eigenvalue weighted by Crippen LogP contribution is -2.47. The summed E-state index contributed by atoms with van der Waals surface area (Å²) >= 11 is 0. The molecule has 1 unspecified atom stereocenters. The molecule has 0 radical (unpaired) electrons. The van der Waals surface area contributed by atoms with Crippen molar-refractivity contribution in [1.29, 1.82) is 0 Å². The first-order chi connectivity index (χ1) is 9.86. The highest BCUT2D eigenvalue weighted by Gasteiger charge is 2.24. The molecule has 1 heterocycles. The molecule has 0 amide bonds. The van der Waals surface area contributed by atoms with E-state index in [9.17, 15) is 5.11 Å². The van der Waals surface area contributed by atoms with Gasteiger partial charge >= 0.3 is 0 Å². The summed E-state index contributed by atoms with van der Waals surface area (Å²) in [6.45, 7) is 13.8. The Bertz CT molecular complexity index is 445. The molecule has 0 aliphatic carbocycles. The standard InChI is InChI=1S/C18H30N2O/c1-15-6-5-7-16(14-15)20-12-10-19(11-13-20)9-8-17(21)18(2,3)4/h5-7,14,17,21H,8-13H2,1-4H3. The van der Waals surface area contributed by atoms with E-state index < -0.39 is 0 Å². The number of nitrogens with zero attached hydrogens (tertiary/aromatic N) is 2. The van der Waals surface area contributed by atoms with Gasteiger partial charge in [-0.2, -0.15) is 0 Å². The lowest BCUT2D eigenvalue weighted by molar-refractivity contribution is 0.0450. The fourth-order valence-corrected chi connectivity index (χ4v) is 2.79. The molecule has 0 bridgehead atoms. The van der Waals surface area contributed by atoms with E-state index in [1.807, 2.05) is 0 Å². The van der Waals surface area contributed by atoms with Crippen LogP contribution in [-0.2, 0) is 0 Å². The Hall–Kier alpha value is -1.06. The van der Waals surface area contributed by atoms with Gasteiger partial charge in [-0.05, 0) is 36.5 Å². The van der Waals surface area contributed by atoms with E-state index in [2.05, 4.69) is 61.8 Å². The van der Waals surface area contributed by atoms with Crippen LogP contribution in [0.25, 0.3) is 0 Å². The third-order valence-electron chi connectivity index (χ3n) is 4.46. The van der Waals surface area contributed by atoms with Crippen molar-refractivity contribution in [2.75, 3.05) is 37.6 Å². The number of aliphatic hydroxyl groups is 1. The molecule has 21 heavy (non-hydrogen) atoms. The topological polar surface area (TPSA) is 26.7 Å². The fourth-order valence-electron chi connectivity index (χ4n) is 2.79. The van der Waals surface area contributed by atoms with Crippen LogP contribution >= 0.6 is 0 Å². The molecule has 1 N–H and O–H groups in total. The molecule has 1 fully saturated rings. The highest BCUT2D eigenvalue weighted by molar-refractivity contribution is 5.48. The Kier molecular flexibility index (Phi) is 5.28. The van der Waals surface area contributed by atoms with Crippen molar-refractivity contribution in [1.82, 2.24) is 4.90 Å². The van der Waals surface area contributed by atoms with Gasteiger partial charge < -0.3 is 10.0 Å². The number of piperazine rings is 1. The maximum atomic E-state index is 10.1. The number of anilines is 1. The summed E-state index contributed by atoms with van der Waals surface area (Å²) in [4.78, 5) is 4.94. The first-order valence-corrected chi connectivity index (χ1v) is 8.08. The van der Waals surface area contributed by atoms with Gasteiger partial charge in [-0.3, -0.25) is 4.90 Å². The van der Waals surface area contributed by atoms with E-state index in [4.69, 9.17) is 0 Å². The number of aryl methyl sites for hydroxylation is 1. The highest BCUT2D eigenvalue weighted by Crippen LogP contribution is 2.22. The number of hydrogen-bond acceptors (Lipinski definition) is 3. The fraction of sp³-hybridized carbons (Fsp3) is 0.667. The van der Waals surface area contributed by atoms with Gasteiger partial charge in [0, 0.05) is 38.4 Å². The quantitative estimate of drug-likeness (QED) is 0.923. The Morgan fingerprint density at radius 3 is 2.38 bits per heavy atom. The first-order valence-electron chi connectivity index (χ1n) is 8.08. The Balaban J connectivity index is 1.78. The van der Waals surface area contributed by atoms with Crippen molar-refractivity contribution in [3.63, 3.8) is 0 Å². The van der Waals surface area contributed by atoms with Crippen LogP contribution < -0.4 is 4.90 Å². The third kappa shape index (κ3) is 4.72. The van der Waals surface area contributed by atoms with Gasteiger partial charge in [-0.1, -0.05) is 32.9 Å². The molecule has 0 aromatic heterocycles. The molecule has 1 atom stereocenters. The summed E-state index contributed by atoms with van der Waals surface area (Å²) in [5, 5.41) is 10.1. The maximum Gasteiger partial charge on any atom is 0.0600 e. The Morgan fingerprint density at radius 1 is 1.14 bits per heavy atom. The second kappa shape index (κ2) is 6.80. The van der Waals surface area contributed by atoms with E-state index in [-0.39, 0.29) is 11.5 Å². The zero-order valence-corrected chi connectivity index (χ0v) is 14.0. The van der Waals surface area contributed by atoms with E-state index in [0.717, 1.165) is 39.1 Å². The summed E-state index contributed by atoms with van der Waals surface area (Å²) in [7, 11) is 0. The summed E-state index contributed by atoms with van der Waals surface area (Å²) in [5.74, 6) is 0. The summed E-state index contributed by atoms with van der Waals surface area (Å²) in [6.07, 6.45) is 0.654. The molecule has 2 rings (SSSR count). The summed E-state index contributed by atoms with van der Waals surface area (Å²) in [5.41, 5.74) is 2.65. The number of rotatable bonds is 4. The van der Waals surface area contributed by atoms with Gasteiger partial charge in [0.15, 0.2) is 0 Å². The predicted molar refractivity (Wildman–Crippen MR) is 89.9 cm³/mol. The van der Waals surface area contributed by atoms with Crippen LogP contribution in [-0.4, -0.2) is 48.8 Å². The van der Waals surface area contributed by atoms with Crippen molar-refractivity contribution >= 4 is 5.69 Å². The first kappa shape index (κ1) is 16.3. The SMILES string of the molecule is Cc1cccc(N2CCN(CCC(O)C(C)(C)C)CC2)c1. The number of hydrogen-bond donors (Lipinski definition) is 1. The number of aliphatic hydroxyl groups excluding tert-OH is 1. The summed E-state index contributed by atoms with van der Waals surface area (Å²) < 4.78 is 0. The van der Waals surface area contributed by atoms with Gasteiger partial charge in [0.05, 0.1) is 6.10 Å². The van der Waals surface area contributed by atoms with E-state index in [1.54, 1.807) is 0 Å². The van der Waals surface area contributed by atoms with E-state index >= 15 is 0 Å². The normalized spacial score (nSPS) is 18.8. The summed E-state index contributed by atoms with van der Waals surface area (Å²) in [6, 6.07) is 8.75. The second-order valence-corrected chi connectivity index (χ2v) is 7.34. The molecule has 3 nitrogen and oxygen atoms in total. The molecule has 1 saturated heterocycles. The van der Waals surface area contributed by atoms with Crippen LogP contribution in [0.15, 0.2) is 24.3 Å². The average Bonchev–Trinajstić information content (AvgIpc) is 2.44. The van der Waals surface area contributed by atoms with Gasteiger partial charge in [0.2, 0.25) is 0 Å². The lowest BCUT2D eigenvalue weighted by Gasteiger charge is -2.37. The maximum absolute atomic E-state index is 10.1. The van der Waals surface area contributed by atoms with Gasteiger partial charge in [0.1, 0.15) is 0 Å². The molecule has 1 aromatic rings. The zero-order valence-electron chi connectivity index (χ0n) is 14.0. The van der Waals surface area contributed by atoms with Gasteiger partial charge in [-0.15, -0.1) is 0 Å². The van der Waals surface area contributed by atoms with Crippen LogP contribution in [0.1, 0.15) is 32.8 Å². The minimum atomic E-state index is -0.215. The molecule has 0 spiro atoms. The van der Waals surface area contributed by atoms with Gasteiger partial charge in [-0.25, -0.2) is 0 Å². The molecule has 0 saturated carbocycles. The van der Waals surface area contributed by atoms with Crippen LogP contribution in [0.5, 0.6) is 0 Å². The van der Waals surface area contributed by atoms with Crippen LogP contribution in [0.4, 0.5) is 5.69 Å². The minimum Gasteiger partial charge on any atom is -0.393 e. The molecule has 1 aliphatic rings. The minimum absolute atomic E-state index is 0.0105. The van der Waals surface area contributed by atoms with E-state index in [0.29, 0.717) is 0 Å². The highest BCUT2D eigenvalue weighted by atomic mass is 16.3. The third-order valence-corrected chi connectivity index (χ3v) is 4.46. The van der Waals surface area contributed by atoms with Crippen LogP contribution in [0.3, 0.4) is 0 Å². The average molecular weight is 290 g/mol. The van der Waals surface area contributed by atoms with Crippen molar-refractivity contribution in [2.24, 2.45) is 5.41 Å². The Morgan fingerprint density at radius 2 is 1.81 bits per heavy atom. The van der Waals surface area contributed by atoms with Crippen LogP contribution in [0.2, 0.25) is 0 Å². The molecular formula is C18H30N2O. The largest absolute Gasteiger partial charge is 0.393 e.